The van der Waals surface area contributed by atoms with Crippen LogP contribution in [-0.2, 0) is 4.79 Å². The third kappa shape index (κ3) is 5.64. The lowest BCUT2D eigenvalue weighted by molar-refractivity contribution is -0.116. The SMILES string of the molecule is COc1ccc(-c2csc(NC(=O)CCCOc3ccc(Cl)c(C)c3)n2)cc1OC. The summed E-state index contributed by atoms with van der Waals surface area (Å²) in [5, 5.41) is 5.99. The van der Waals surface area contributed by atoms with E-state index in [-0.39, 0.29) is 5.91 Å². The van der Waals surface area contributed by atoms with Crippen LogP contribution >= 0.6 is 22.9 Å². The van der Waals surface area contributed by atoms with Crippen LogP contribution in [0.2, 0.25) is 5.02 Å². The van der Waals surface area contributed by atoms with Crippen LogP contribution in [0, 0.1) is 6.92 Å². The first kappa shape index (κ1) is 21.9. The predicted molar refractivity (Wildman–Crippen MR) is 120 cm³/mol. The quantitative estimate of drug-likeness (QED) is 0.434. The van der Waals surface area contributed by atoms with E-state index in [0.717, 1.165) is 22.6 Å². The minimum Gasteiger partial charge on any atom is -0.494 e. The van der Waals surface area contributed by atoms with Crippen LogP contribution in [-0.4, -0.2) is 31.7 Å². The minimum absolute atomic E-state index is 0.0981. The molecule has 0 atom stereocenters. The van der Waals surface area contributed by atoms with Crippen LogP contribution in [0.25, 0.3) is 11.3 Å². The van der Waals surface area contributed by atoms with Gasteiger partial charge in [0, 0.05) is 22.4 Å². The summed E-state index contributed by atoms with van der Waals surface area (Å²) in [5.74, 6) is 1.93. The molecule has 0 aliphatic carbocycles. The van der Waals surface area contributed by atoms with Gasteiger partial charge in [-0.25, -0.2) is 4.98 Å². The average Bonchev–Trinajstić information content (AvgIpc) is 3.21. The second-order valence-electron chi connectivity index (χ2n) is 6.52. The van der Waals surface area contributed by atoms with Crippen molar-refractivity contribution in [3.63, 3.8) is 0 Å². The summed E-state index contributed by atoms with van der Waals surface area (Å²) in [6.45, 7) is 2.37. The predicted octanol–water partition coefficient (Wildman–Crippen LogP) is 5.59. The highest BCUT2D eigenvalue weighted by Gasteiger charge is 2.11. The highest BCUT2D eigenvalue weighted by atomic mass is 35.5. The topological polar surface area (TPSA) is 69.7 Å². The monoisotopic (exact) mass is 446 g/mol. The van der Waals surface area contributed by atoms with Gasteiger partial charge >= 0.3 is 0 Å². The van der Waals surface area contributed by atoms with Gasteiger partial charge in [-0.2, -0.15) is 0 Å². The largest absolute Gasteiger partial charge is 0.494 e. The van der Waals surface area contributed by atoms with Crippen molar-refractivity contribution < 1.29 is 19.0 Å². The normalized spacial score (nSPS) is 10.5. The fourth-order valence-corrected chi connectivity index (χ4v) is 3.62. The number of anilines is 1. The molecule has 0 aliphatic heterocycles. The highest BCUT2D eigenvalue weighted by molar-refractivity contribution is 7.14. The van der Waals surface area contributed by atoms with Crippen LogP contribution < -0.4 is 19.5 Å². The zero-order valence-corrected chi connectivity index (χ0v) is 18.6. The lowest BCUT2D eigenvalue weighted by atomic mass is 10.1. The number of methoxy groups -OCH3 is 2. The summed E-state index contributed by atoms with van der Waals surface area (Å²) in [4.78, 5) is 16.7. The van der Waals surface area contributed by atoms with E-state index in [9.17, 15) is 4.79 Å². The molecule has 0 saturated carbocycles. The molecule has 1 amide bonds. The highest BCUT2D eigenvalue weighted by Crippen LogP contribution is 2.33. The summed E-state index contributed by atoms with van der Waals surface area (Å²) in [5.41, 5.74) is 2.61. The van der Waals surface area contributed by atoms with Crippen molar-refractivity contribution in [3.8, 4) is 28.5 Å². The summed E-state index contributed by atoms with van der Waals surface area (Å²) in [6, 6.07) is 11.1. The van der Waals surface area contributed by atoms with Gasteiger partial charge in [-0.3, -0.25) is 4.79 Å². The first-order valence-corrected chi connectivity index (χ1v) is 10.6. The Hall–Kier alpha value is -2.77. The number of thiazole rings is 1. The summed E-state index contributed by atoms with van der Waals surface area (Å²) in [7, 11) is 3.18. The maximum Gasteiger partial charge on any atom is 0.226 e. The fraction of sp³-hybridized carbons (Fsp3) is 0.273. The maximum absolute atomic E-state index is 12.2. The van der Waals surface area contributed by atoms with E-state index in [2.05, 4.69) is 10.3 Å². The number of aryl methyl sites for hydroxylation is 1. The number of aromatic nitrogens is 1. The molecule has 0 radical (unpaired) electrons. The molecule has 1 heterocycles. The number of benzene rings is 2. The van der Waals surface area contributed by atoms with Crippen molar-refractivity contribution >= 4 is 34.0 Å². The van der Waals surface area contributed by atoms with Gasteiger partial charge in [-0.15, -0.1) is 11.3 Å². The zero-order valence-electron chi connectivity index (χ0n) is 17.0. The molecule has 158 valence electrons. The molecule has 0 unspecified atom stereocenters. The summed E-state index contributed by atoms with van der Waals surface area (Å²) >= 11 is 7.38. The Morgan fingerprint density at radius 2 is 1.93 bits per heavy atom. The van der Waals surface area contributed by atoms with Crippen LogP contribution in [0.4, 0.5) is 5.13 Å². The van der Waals surface area contributed by atoms with E-state index < -0.39 is 0 Å². The number of ether oxygens (including phenoxy) is 3. The van der Waals surface area contributed by atoms with Crippen molar-refractivity contribution in [1.29, 1.82) is 0 Å². The molecule has 30 heavy (non-hydrogen) atoms. The van der Waals surface area contributed by atoms with Crippen molar-refractivity contribution in [2.24, 2.45) is 0 Å². The molecule has 3 rings (SSSR count). The standard InChI is InChI=1S/C22H23ClN2O4S/c1-14-11-16(7-8-17(14)23)29-10-4-5-21(26)25-22-24-18(13-30-22)15-6-9-19(27-2)20(12-15)28-3/h6-9,11-13H,4-5,10H2,1-3H3,(H,24,25,26). The van der Waals surface area contributed by atoms with E-state index in [4.69, 9.17) is 25.8 Å². The van der Waals surface area contributed by atoms with Gasteiger partial charge in [0.1, 0.15) is 5.75 Å². The van der Waals surface area contributed by atoms with Gasteiger partial charge in [-0.05, 0) is 55.3 Å². The molecular formula is C22H23ClN2O4S. The lowest BCUT2D eigenvalue weighted by Crippen LogP contribution is -2.12. The van der Waals surface area contributed by atoms with E-state index >= 15 is 0 Å². The lowest BCUT2D eigenvalue weighted by Gasteiger charge is -2.08. The minimum atomic E-state index is -0.0981. The van der Waals surface area contributed by atoms with E-state index in [1.165, 1.54) is 11.3 Å². The number of carbonyl (C=O) groups excluding carboxylic acids is 1. The molecule has 1 aromatic heterocycles. The van der Waals surface area contributed by atoms with E-state index in [1.54, 1.807) is 20.3 Å². The Morgan fingerprint density at radius 1 is 1.13 bits per heavy atom. The first-order chi connectivity index (χ1) is 14.5. The van der Waals surface area contributed by atoms with E-state index in [1.807, 2.05) is 42.6 Å². The molecule has 0 saturated heterocycles. The molecule has 1 N–H and O–H groups in total. The van der Waals surface area contributed by atoms with Crippen LogP contribution in [0.3, 0.4) is 0 Å². The maximum atomic E-state index is 12.2. The summed E-state index contributed by atoms with van der Waals surface area (Å²) < 4.78 is 16.3. The molecule has 0 bridgehead atoms. The first-order valence-electron chi connectivity index (χ1n) is 9.37. The smallest absolute Gasteiger partial charge is 0.226 e. The van der Waals surface area contributed by atoms with Gasteiger partial charge in [-0.1, -0.05) is 11.6 Å². The number of halogens is 1. The van der Waals surface area contributed by atoms with Crippen molar-refractivity contribution in [3.05, 3.63) is 52.4 Å². The number of hydrogen-bond donors (Lipinski definition) is 1. The van der Waals surface area contributed by atoms with Gasteiger partial charge in [0.2, 0.25) is 5.91 Å². The Bertz CT molecular complexity index is 1020. The molecule has 2 aromatic carbocycles. The number of nitrogens with zero attached hydrogens (tertiary/aromatic N) is 1. The van der Waals surface area contributed by atoms with Crippen molar-refractivity contribution in [2.45, 2.75) is 19.8 Å². The fourth-order valence-electron chi connectivity index (χ4n) is 2.77. The third-order valence-corrected chi connectivity index (χ3v) is 5.56. The van der Waals surface area contributed by atoms with Crippen molar-refractivity contribution in [1.82, 2.24) is 4.98 Å². The Kier molecular flexibility index (Phi) is 7.54. The van der Waals surface area contributed by atoms with E-state index in [0.29, 0.717) is 41.1 Å². The van der Waals surface area contributed by atoms with Gasteiger partial charge in [0.05, 0.1) is 26.5 Å². The van der Waals surface area contributed by atoms with Crippen LogP contribution in [0.5, 0.6) is 17.2 Å². The number of rotatable bonds is 9. The second-order valence-corrected chi connectivity index (χ2v) is 7.78. The van der Waals surface area contributed by atoms with Gasteiger partial charge in [0.25, 0.3) is 0 Å². The van der Waals surface area contributed by atoms with Gasteiger partial charge < -0.3 is 19.5 Å². The average molecular weight is 447 g/mol. The molecule has 0 aliphatic rings. The van der Waals surface area contributed by atoms with Crippen LogP contribution in [0.1, 0.15) is 18.4 Å². The third-order valence-electron chi connectivity index (χ3n) is 4.38. The zero-order chi connectivity index (χ0) is 21.5. The summed E-state index contributed by atoms with van der Waals surface area (Å²) in [6.07, 6.45) is 0.944. The molecule has 0 fully saturated rings. The number of hydrogen-bond acceptors (Lipinski definition) is 6. The molecule has 8 heteroatoms. The second kappa shape index (κ2) is 10.3. The van der Waals surface area contributed by atoms with Crippen molar-refractivity contribution in [2.75, 3.05) is 26.1 Å². The Morgan fingerprint density at radius 3 is 2.67 bits per heavy atom. The molecule has 0 spiro atoms. The Labute approximate surface area is 184 Å². The molecular weight excluding hydrogens is 424 g/mol. The number of nitrogens with one attached hydrogen (secondary N) is 1. The molecule has 3 aromatic rings. The molecule has 6 nitrogen and oxygen atoms in total. The Balaban J connectivity index is 1.49. The number of amides is 1. The van der Waals surface area contributed by atoms with Gasteiger partial charge in [0.15, 0.2) is 16.6 Å². The van der Waals surface area contributed by atoms with Crippen LogP contribution in [0.15, 0.2) is 41.8 Å². The number of carbonyl (C=O) groups is 1.